The van der Waals surface area contributed by atoms with Gasteiger partial charge in [-0.15, -0.1) is 0 Å². The first kappa shape index (κ1) is 49.5. The van der Waals surface area contributed by atoms with Crippen molar-refractivity contribution in [2.45, 2.75) is 205 Å². The van der Waals surface area contributed by atoms with E-state index in [0.717, 1.165) is 44.9 Å². The van der Waals surface area contributed by atoms with Crippen molar-refractivity contribution < 1.29 is 89.1 Å². The van der Waals surface area contributed by atoms with Gasteiger partial charge < -0.3 is 79.5 Å². The number of carboxylic acids is 1. The van der Waals surface area contributed by atoms with Crippen LogP contribution in [0.1, 0.15) is 113 Å². The van der Waals surface area contributed by atoms with Gasteiger partial charge in [-0.1, -0.05) is 60.1 Å². The number of hydrogen-bond donors (Lipinski definition) is 10. The van der Waals surface area contributed by atoms with E-state index in [1.807, 2.05) is 0 Å². The van der Waals surface area contributed by atoms with Gasteiger partial charge in [0, 0.05) is 0 Å². The number of fused-ring (bicyclic) bond motifs is 7. The fourth-order valence-corrected chi connectivity index (χ4v) is 14.8. The predicted molar refractivity (Wildman–Crippen MR) is 225 cm³/mol. The van der Waals surface area contributed by atoms with Gasteiger partial charge in [0.15, 0.2) is 18.7 Å². The Morgan fingerprint density at radius 2 is 1.25 bits per heavy atom. The lowest BCUT2D eigenvalue weighted by atomic mass is 9.33. The number of allylic oxidation sites excluding steroid dienone is 2. The Balaban J connectivity index is 1.01. The van der Waals surface area contributed by atoms with Gasteiger partial charge in [-0.2, -0.15) is 0 Å². The number of rotatable bonds is 9. The van der Waals surface area contributed by atoms with Gasteiger partial charge in [-0.05, 0) is 109 Å². The maximum Gasteiger partial charge on any atom is 0.335 e. The van der Waals surface area contributed by atoms with E-state index in [1.165, 1.54) is 5.57 Å². The summed E-state index contributed by atoms with van der Waals surface area (Å²) in [6.45, 7) is 14.6. The summed E-state index contributed by atoms with van der Waals surface area (Å²) in [6.07, 6.45) is -13.2. The molecule has 0 aromatic rings. The van der Waals surface area contributed by atoms with Gasteiger partial charge >= 0.3 is 11.9 Å². The van der Waals surface area contributed by atoms with Crippen LogP contribution < -0.4 is 0 Å². The van der Waals surface area contributed by atoms with E-state index in [4.69, 9.17) is 28.4 Å². The summed E-state index contributed by atoms with van der Waals surface area (Å²) in [4.78, 5) is 27.2. The molecule has 18 nitrogen and oxygen atoms in total. The molecule has 3 saturated heterocycles. The molecule has 18 heteroatoms. The van der Waals surface area contributed by atoms with Crippen LogP contribution in [0.4, 0.5) is 0 Å². The Morgan fingerprint density at radius 1 is 0.662 bits per heavy atom. The zero-order valence-electron chi connectivity index (χ0n) is 38.7. The monoisotopic (exact) mass is 926 g/mol. The minimum atomic E-state index is -1.84. The van der Waals surface area contributed by atoms with Crippen molar-refractivity contribution in [2.75, 3.05) is 13.2 Å². The molecule has 0 spiro atoms. The first-order valence-corrected chi connectivity index (χ1v) is 23.7. The summed E-state index contributed by atoms with van der Waals surface area (Å²) in [5.74, 6) is -1.77. The number of ether oxygens (including phenoxy) is 6. The first-order valence-electron chi connectivity index (χ1n) is 23.7. The van der Waals surface area contributed by atoms with Crippen LogP contribution in [0.25, 0.3) is 0 Å². The molecule has 3 aliphatic heterocycles. The SMILES string of the molecule is CC1(C)CC[C@]2(C(=O)OC3OC(CO)C(O)C(O)C3O)CC[C@]3(C)C(=CCC4[C@@]5(C)CCC(OC6OC(C(=O)O)C(OC7OC(CO)C(O)C7O)C(O)C6O)C(C)(C)C5CC[C@]43C)C2C1. The van der Waals surface area contributed by atoms with Crippen molar-refractivity contribution in [1.29, 1.82) is 0 Å². The standard InChI is InChI=1S/C47H74O18/c1-42(2)14-16-47(41(59)65-39-33(55)30(52)28(50)23(19-48)61-39)17-15-45(6)21(22(47)18-42)8-9-26-44(5)12-11-27(43(3,4)25(44)10-13-46(26,45)7)62-40-34(56)31(53)35(36(64-40)37(57)58)63-38-32(54)29(51)24(20-49)60-38/h8,22-36,38-40,48-56H,9-20H2,1-7H3,(H,57,58)/t22?,23?,24?,25?,26?,27?,28?,29?,30?,31?,32?,33?,34?,35?,36?,38?,39?,40?,44-,45+,46+,47-/m0/s1. The van der Waals surface area contributed by atoms with Gasteiger partial charge in [-0.3, -0.25) is 4.79 Å². The Morgan fingerprint density at radius 3 is 1.89 bits per heavy atom. The normalized spacial score (nSPS) is 52.5. The zero-order valence-corrected chi connectivity index (χ0v) is 38.7. The largest absolute Gasteiger partial charge is 0.479 e. The third kappa shape index (κ3) is 7.67. The second kappa shape index (κ2) is 17.2. The number of esters is 1. The fraction of sp³-hybridized carbons (Fsp3) is 0.915. The molecule has 0 bridgehead atoms. The topological polar surface area (TPSA) is 292 Å². The van der Waals surface area contributed by atoms with E-state index < -0.39 is 128 Å². The molecule has 4 saturated carbocycles. The summed E-state index contributed by atoms with van der Waals surface area (Å²) >= 11 is 0. The van der Waals surface area contributed by atoms with Crippen LogP contribution in [0.5, 0.6) is 0 Å². The molecule has 8 rings (SSSR count). The molecule has 370 valence electrons. The lowest BCUT2D eigenvalue weighted by Gasteiger charge is -2.71. The van der Waals surface area contributed by atoms with Crippen LogP contribution in [0.15, 0.2) is 11.6 Å². The second-order valence-electron chi connectivity index (χ2n) is 23.0. The van der Waals surface area contributed by atoms with E-state index in [9.17, 15) is 60.7 Å². The molecule has 65 heavy (non-hydrogen) atoms. The lowest BCUT2D eigenvalue weighted by Crippen LogP contribution is -2.66. The fourth-order valence-electron chi connectivity index (χ4n) is 14.8. The van der Waals surface area contributed by atoms with Crippen LogP contribution in [0.2, 0.25) is 0 Å². The summed E-state index contributed by atoms with van der Waals surface area (Å²) in [6, 6.07) is 0. The van der Waals surface area contributed by atoms with E-state index in [0.29, 0.717) is 19.3 Å². The summed E-state index contributed by atoms with van der Waals surface area (Å²) in [7, 11) is 0. The Hall–Kier alpha value is -1.88. The van der Waals surface area contributed by atoms with E-state index in [1.54, 1.807) is 0 Å². The molecule has 0 aromatic carbocycles. The summed E-state index contributed by atoms with van der Waals surface area (Å²) in [5.41, 5.74) is -0.800. The van der Waals surface area contributed by atoms with Crippen LogP contribution in [0.3, 0.4) is 0 Å². The zero-order chi connectivity index (χ0) is 47.6. The molecule has 10 N–H and O–H groups in total. The molecule has 3 heterocycles. The second-order valence-corrected chi connectivity index (χ2v) is 23.0. The van der Waals surface area contributed by atoms with Crippen molar-refractivity contribution in [3.05, 3.63) is 11.6 Å². The van der Waals surface area contributed by atoms with Crippen LogP contribution in [-0.2, 0) is 38.0 Å². The Labute approximate surface area is 380 Å². The van der Waals surface area contributed by atoms with Gasteiger partial charge in [0.1, 0.15) is 61.0 Å². The molecule has 0 radical (unpaired) electrons. The molecular formula is C47H74O18. The predicted octanol–water partition coefficient (Wildman–Crippen LogP) is 0.872. The van der Waals surface area contributed by atoms with Crippen LogP contribution in [-0.4, -0.2) is 168 Å². The van der Waals surface area contributed by atoms with Gasteiger partial charge in [0.25, 0.3) is 0 Å². The van der Waals surface area contributed by atoms with Crippen molar-refractivity contribution in [2.24, 2.45) is 50.2 Å². The summed E-state index contributed by atoms with van der Waals surface area (Å²) in [5, 5.41) is 104. The lowest BCUT2D eigenvalue weighted by molar-refractivity contribution is -0.342. The highest BCUT2D eigenvalue weighted by molar-refractivity contribution is 5.79. The maximum atomic E-state index is 14.6. The summed E-state index contributed by atoms with van der Waals surface area (Å²) < 4.78 is 35.0. The average Bonchev–Trinajstić information content (AvgIpc) is 3.52. The van der Waals surface area contributed by atoms with Crippen molar-refractivity contribution in [3.63, 3.8) is 0 Å². The van der Waals surface area contributed by atoms with Gasteiger partial charge in [0.2, 0.25) is 6.29 Å². The highest BCUT2D eigenvalue weighted by atomic mass is 16.8. The third-order valence-corrected chi connectivity index (χ3v) is 18.9. The molecule has 0 aromatic heterocycles. The number of carbonyl (C=O) groups excluding carboxylic acids is 1. The van der Waals surface area contributed by atoms with Crippen molar-refractivity contribution in [1.82, 2.24) is 0 Å². The van der Waals surface area contributed by atoms with E-state index in [2.05, 4.69) is 54.5 Å². The first-order chi connectivity index (χ1) is 30.3. The van der Waals surface area contributed by atoms with Crippen LogP contribution >= 0.6 is 0 Å². The van der Waals surface area contributed by atoms with Crippen molar-refractivity contribution >= 4 is 11.9 Å². The number of carboxylic acid groups (broad SMARTS) is 1. The highest BCUT2D eigenvalue weighted by Gasteiger charge is 2.70. The Kier molecular flexibility index (Phi) is 13.1. The molecule has 5 aliphatic carbocycles. The van der Waals surface area contributed by atoms with Gasteiger partial charge in [-0.25, -0.2) is 4.79 Å². The molecule has 22 atom stereocenters. The third-order valence-electron chi connectivity index (χ3n) is 18.9. The number of hydrogen-bond acceptors (Lipinski definition) is 17. The molecule has 18 unspecified atom stereocenters. The minimum Gasteiger partial charge on any atom is -0.479 e. The minimum absolute atomic E-state index is 0.0645. The number of aliphatic hydroxyl groups excluding tert-OH is 9. The molecule has 8 aliphatic rings. The smallest absolute Gasteiger partial charge is 0.335 e. The Bertz CT molecular complexity index is 1820. The average molecular weight is 927 g/mol. The quantitative estimate of drug-likeness (QED) is 0.0872. The van der Waals surface area contributed by atoms with E-state index >= 15 is 0 Å². The number of aliphatic hydroxyl groups is 9. The van der Waals surface area contributed by atoms with Crippen molar-refractivity contribution in [3.8, 4) is 0 Å². The molecular weight excluding hydrogens is 852 g/mol. The molecule has 7 fully saturated rings. The highest BCUT2D eigenvalue weighted by Crippen LogP contribution is 2.76. The van der Waals surface area contributed by atoms with E-state index in [-0.39, 0.29) is 39.4 Å². The molecule has 0 amide bonds. The number of aliphatic carboxylic acids is 1. The van der Waals surface area contributed by atoms with Crippen LogP contribution in [0, 0.1) is 50.2 Å². The number of carbonyl (C=O) groups is 2. The maximum absolute atomic E-state index is 14.6. The van der Waals surface area contributed by atoms with Gasteiger partial charge in [0.05, 0.1) is 24.7 Å².